The van der Waals surface area contributed by atoms with Gasteiger partial charge in [-0.3, -0.25) is 4.99 Å². The maximum absolute atomic E-state index is 11.9. The van der Waals surface area contributed by atoms with E-state index in [9.17, 15) is 4.79 Å². The minimum atomic E-state index is -0.324. The second kappa shape index (κ2) is 15.0. The van der Waals surface area contributed by atoms with Crippen LogP contribution in [0.1, 0.15) is 47.2 Å². The summed E-state index contributed by atoms with van der Waals surface area (Å²) in [5.41, 5.74) is 0.686. The third kappa shape index (κ3) is 9.67. The Balaban J connectivity index is 0.00000676. The summed E-state index contributed by atoms with van der Waals surface area (Å²) in [6, 6.07) is -0.0888. The van der Waals surface area contributed by atoms with Crippen molar-refractivity contribution in [3.63, 3.8) is 0 Å². The molecule has 0 aliphatic heterocycles. The maximum Gasteiger partial charge on any atom is 0.350 e. The van der Waals surface area contributed by atoms with E-state index >= 15 is 0 Å². The molecule has 1 rings (SSSR count). The molecule has 156 valence electrons. The zero-order chi connectivity index (χ0) is 19.4. The smallest absolute Gasteiger partial charge is 0.350 e. The molecule has 0 aliphatic rings. The van der Waals surface area contributed by atoms with Gasteiger partial charge in [-0.25, -0.2) is 9.78 Å². The van der Waals surface area contributed by atoms with Gasteiger partial charge < -0.3 is 24.8 Å². The number of aryl methyl sites for hydroxylation is 1. The number of nitrogens with one attached hydrogen (secondary N) is 2. The number of aromatic nitrogens is 1. The van der Waals surface area contributed by atoms with Crippen molar-refractivity contribution in [1.29, 1.82) is 0 Å². The van der Waals surface area contributed by atoms with Crippen LogP contribution in [0.4, 0.5) is 0 Å². The Morgan fingerprint density at radius 2 is 2.04 bits per heavy atom. The Labute approximate surface area is 182 Å². The molecule has 1 heterocycles. The summed E-state index contributed by atoms with van der Waals surface area (Å²) in [6.45, 7) is 10.9. The number of carbonyl (C=O) groups is 1. The molecule has 0 fully saturated rings. The predicted octanol–water partition coefficient (Wildman–Crippen LogP) is 2.53. The topological polar surface area (TPSA) is 94.1 Å². The third-order valence-corrected chi connectivity index (χ3v) is 4.60. The summed E-state index contributed by atoms with van der Waals surface area (Å²) in [6.07, 6.45) is 0. The molecular formula is C17H31IN4O4S. The molecule has 0 aliphatic carbocycles. The molecule has 1 aromatic rings. The van der Waals surface area contributed by atoms with E-state index < -0.39 is 0 Å². The van der Waals surface area contributed by atoms with E-state index in [-0.39, 0.29) is 36.0 Å². The number of rotatable bonds is 11. The molecule has 0 saturated carbocycles. The average molecular weight is 514 g/mol. The first-order valence-electron chi connectivity index (χ1n) is 8.79. The molecule has 2 N–H and O–H groups in total. The Bertz CT molecular complexity index is 583. The number of ether oxygens (including phenoxy) is 3. The molecule has 8 nitrogen and oxygen atoms in total. The summed E-state index contributed by atoms with van der Waals surface area (Å²) in [7, 11) is 1.64. The van der Waals surface area contributed by atoms with Crippen LogP contribution in [0.15, 0.2) is 4.99 Å². The van der Waals surface area contributed by atoms with Gasteiger partial charge in [0.1, 0.15) is 9.88 Å². The fourth-order valence-corrected chi connectivity index (χ4v) is 3.00. The quantitative estimate of drug-likeness (QED) is 0.154. The largest absolute Gasteiger partial charge is 0.462 e. The predicted molar refractivity (Wildman–Crippen MR) is 118 cm³/mol. The lowest BCUT2D eigenvalue weighted by atomic mass is 10.3. The molecule has 1 aromatic heterocycles. The van der Waals surface area contributed by atoms with Crippen molar-refractivity contribution in [2.24, 2.45) is 4.99 Å². The highest BCUT2D eigenvalue weighted by atomic mass is 127. The standard InChI is InChI=1S/C17H30N4O4S.HI/c1-6-18-17(19-8-9-24-11-10-23-5)21-13(4)15-20-12(3)14(26-15)16(22)25-7-2;/h13H,6-11H2,1-5H3,(H2,18,19,21);1H. The molecule has 0 amide bonds. The number of hydrogen-bond acceptors (Lipinski definition) is 7. The number of guanidine groups is 1. The highest BCUT2D eigenvalue weighted by Gasteiger charge is 2.20. The van der Waals surface area contributed by atoms with E-state index in [0.29, 0.717) is 49.5 Å². The lowest BCUT2D eigenvalue weighted by Gasteiger charge is -2.16. The normalized spacial score (nSPS) is 12.3. The molecule has 0 saturated heterocycles. The van der Waals surface area contributed by atoms with E-state index in [4.69, 9.17) is 14.2 Å². The van der Waals surface area contributed by atoms with Gasteiger partial charge in [0.25, 0.3) is 0 Å². The number of thiazole rings is 1. The van der Waals surface area contributed by atoms with Crippen molar-refractivity contribution in [3.8, 4) is 0 Å². The summed E-state index contributed by atoms with van der Waals surface area (Å²) >= 11 is 1.34. The zero-order valence-electron chi connectivity index (χ0n) is 16.7. The number of hydrogen-bond donors (Lipinski definition) is 2. The van der Waals surface area contributed by atoms with Gasteiger partial charge >= 0.3 is 5.97 Å². The average Bonchev–Trinajstić information content (AvgIpc) is 3.00. The van der Waals surface area contributed by atoms with Crippen LogP contribution in [0.25, 0.3) is 0 Å². The third-order valence-electron chi connectivity index (χ3n) is 3.28. The van der Waals surface area contributed by atoms with Crippen LogP contribution in [-0.2, 0) is 14.2 Å². The van der Waals surface area contributed by atoms with E-state index in [0.717, 1.165) is 11.6 Å². The maximum atomic E-state index is 11.9. The van der Waals surface area contributed by atoms with E-state index in [2.05, 4.69) is 20.6 Å². The number of methoxy groups -OCH3 is 1. The van der Waals surface area contributed by atoms with E-state index in [1.54, 1.807) is 14.0 Å². The van der Waals surface area contributed by atoms with Gasteiger partial charge in [0, 0.05) is 13.7 Å². The molecule has 1 atom stereocenters. The molecule has 27 heavy (non-hydrogen) atoms. The Hall–Kier alpha value is -0.980. The highest BCUT2D eigenvalue weighted by Crippen LogP contribution is 2.24. The Morgan fingerprint density at radius 1 is 1.30 bits per heavy atom. The lowest BCUT2D eigenvalue weighted by Crippen LogP contribution is -2.39. The first kappa shape index (κ1) is 26.0. The molecule has 0 spiro atoms. The SMILES string of the molecule is CCNC(=NCCOCCOC)NC(C)c1nc(C)c(C(=O)OCC)s1.I. The Kier molecular flexibility index (Phi) is 14.5. The van der Waals surface area contributed by atoms with Crippen molar-refractivity contribution >= 4 is 47.2 Å². The van der Waals surface area contributed by atoms with Crippen LogP contribution in [-0.4, -0.2) is 63.5 Å². The first-order valence-corrected chi connectivity index (χ1v) is 9.61. The van der Waals surface area contributed by atoms with Crippen LogP contribution in [0.2, 0.25) is 0 Å². The van der Waals surface area contributed by atoms with Crippen LogP contribution in [0.5, 0.6) is 0 Å². The number of aliphatic imine (C=N–C) groups is 1. The first-order chi connectivity index (χ1) is 12.5. The molecular weight excluding hydrogens is 483 g/mol. The highest BCUT2D eigenvalue weighted by molar-refractivity contribution is 14.0. The van der Waals surface area contributed by atoms with Gasteiger partial charge in [-0.2, -0.15) is 0 Å². The summed E-state index contributed by atoms with van der Waals surface area (Å²) in [5.74, 6) is 0.357. The second-order valence-electron chi connectivity index (χ2n) is 5.42. The van der Waals surface area contributed by atoms with Crippen LogP contribution < -0.4 is 10.6 Å². The number of carbonyl (C=O) groups excluding carboxylic acids is 1. The van der Waals surface area contributed by atoms with Crippen LogP contribution in [0.3, 0.4) is 0 Å². The lowest BCUT2D eigenvalue weighted by molar-refractivity contribution is 0.0531. The second-order valence-corrected chi connectivity index (χ2v) is 6.45. The molecule has 0 bridgehead atoms. The zero-order valence-corrected chi connectivity index (χ0v) is 19.8. The van der Waals surface area contributed by atoms with Crippen molar-refractivity contribution < 1.29 is 19.0 Å². The molecule has 0 radical (unpaired) electrons. The molecule has 0 aromatic carbocycles. The molecule has 1 unspecified atom stereocenters. The summed E-state index contributed by atoms with van der Waals surface area (Å²) in [4.78, 5) is 21.5. The monoisotopic (exact) mass is 514 g/mol. The van der Waals surface area contributed by atoms with Crippen LogP contribution in [0, 0.1) is 6.92 Å². The summed E-state index contributed by atoms with van der Waals surface area (Å²) in [5, 5.41) is 7.31. The van der Waals surface area contributed by atoms with Crippen molar-refractivity contribution in [3.05, 3.63) is 15.6 Å². The number of nitrogens with zero attached hydrogens (tertiary/aromatic N) is 2. The summed E-state index contributed by atoms with van der Waals surface area (Å²) < 4.78 is 15.4. The number of esters is 1. The van der Waals surface area contributed by atoms with Crippen molar-refractivity contribution in [2.45, 2.75) is 33.7 Å². The van der Waals surface area contributed by atoms with Gasteiger partial charge in [0.2, 0.25) is 0 Å². The van der Waals surface area contributed by atoms with E-state index in [1.807, 2.05) is 20.8 Å². The fourth-order valence-electron chi connectivity index (χ4n) is 2.04. The van der Waals surface area contributed by atoms with Gasteiger partial charge in [-0.1, -0.05) is 0 Å². The van der Waals surface area contributed by atoms with Crippen LogP contribution >= 0.6 is 35.3 Å². The van der Waals surface area contributed by atoms with Crippen molar-refractivity contribution in [2.75, 3.05) is 46.6 Å². The fraction of sp³-hybridized carbons (Fsp3) is 0.706. The van der Waals surface area contributed by atoms with Gasteiger partial charge in [-0.05, 0) is 27.7 Å². The number of halogens is 1. The van der Waals surface area contributed by atoms with Gasteiger partial charge in [-0.15, -0.1) is 35.3 Å². The van der Waals surface area contributed by atoms with E-state index in [1.165, 1.54) is 11.3 Å². The Morgan fingerprint density at radius 3 is 2.67 bits per heavy atom. The van der Waals surface area contributed by atoms with Gasteiger partial charge in [0.05, 0.1) is 44.7 Å². The molecule has 10 heteroatoms. The van der Waals surface area contributed by atoms with Crippen molar-refractivity contribution in [1.82, 2.24) is 15.6 Å². The minimum Gasteiger partial charge on any atom is -0.462 e. The van der Waals surface area contributed by atoms with Gasteiger partial charge in [0.15, 0.2) is 5.96 Å². The minimum absolute atomic E-state index is 0.